The van der Waals surface area contributed by atoms with Gasteiger partial charge < -0.3 is 19.7 Å². The van der Waals surface area contributed by atoms with Crippen molar-refractivity contribution in [2.75, 3.05) is 40.4 Å². The first-order chi connectivity index (χ1) is 12.2. The van der Waals surface area contributed by atoms with Crippen molar-refractivity contribution >= 4 is 17.2 Å². The van der Waals surface area contributed by atoms with Crippen molar-refractivity contribution < 1.29 is 14.3 Å². The predicted molar refractivity (Wildman–Crippen MR) is 98.4 cm³/mol. The van der Waals surface area contributed by atoms with Gasteiger partial charge in [0.05, 0.1) is 26.3 Å². The average molecular weight is 361 g/mol. The summed E-state index contributed by atoms with van der Waals surface area (Å²) in [4.78, 5) is 19.0. The van der Waals surface area contributed by atoms with Crippen LogP contribution < -0.4 is 14.8 Å². The van der Waals surface area contributed by atoms with Gasteiger partial charge in [-0.3, -0.25) is 4.79 Å². The molecule has 1 fully saturated rings. The van der Waals surface area contributed by atoms with Crippen LogP contribution >= 0.6 is 11.3 Å². The molecule has 0 saturated carbocycles. The number of carbonyl (C=O) groups excluding carboxylic acids is 1. The third-order valence-electron chi connectivity index (χ3n) is 4.21. The summed E-state index contributed by atoms with van der Waals surface area (Å²) in [5.74, 6) is 1.51. The van der Waals surface area contributed by atoms with Gasteiger partial charge in [0.15, 0.2) is 11.5 Å². The fourth-order valence-corrected chi connectivity index (χ4v) is 3.67. The van der Waals surface area contributed by atoms with Crippen molar-refractivity contribution in [1.82, 2.24) is 15.2 Å². The van der Waals surface area contributed by atoms with Crippen molar-refractivity contribution in [3.05, 3.63) is 29.3 Å². The highest BCUT2D eigenvalue weighted by Gasteiger charge is 2.17. The molecular formula is C18H23N3O3S. The van der Waals surface area contributed by atoms with Crippen LogP contribution in [0.15, 0.2) is 23.6 Å². The Balaban J connectivity index is 1.70. The second-order valence-corrected chi connectivity index (χ2v) is 6.73. The maximum Gasteiger partial charge on any atom is 0.228 e. The highest BCUT2D eigenvalue weighted by molar-refractivity contribution is 7.13. The number of nitrogens with one attached hydrogen (secondary N) is 1. The van der Waals surface area contributed by atoms with Crippen molar-refractivity contribution in [2.24, 2.45) is 0 Å². The molecule has 1 amide bonds. The molecule has 3 rings (SSSR count). The van der Waals surface area contributed by atoms with E-state index in [1.165, 1.54) is 11.3 Å². The van der Waals surface area contributed by atoms with E-state index < -0.39 is 0 Å². The minimum Gasteiger partial charge on any atom is -0.493 e. The van der Waals surface area contributed by atoms with E-state index in [2.05, 4.69) is 10.3 Å². The van der Waals surface area contributed by atoms with Crippen LogP contribution in [-0.2, 0) is 11.2 Å². The van der Waals surface area contributed by atoms with Crippen LogP contribution in [0.1, 0.15) is 12.1 Å². The molecule has 1 saturated heterocycles. The summed E-state index contributed by atoms with van der Waals surface area (Å²) in [6.07, 6.45) is 1.35. The molecule has 0 spiro atoms. The Bertz CT molecular complexity index is 724. The summed E-state index contributed by atoms with van der Waals surface area (Å²) in [5.41, 5.74) is 1.78. The first-order valence-electron chi connectivity index (χ1n) is 8.36. The van der Waals surface area contributed by atoms with Crippen molar-refractivity contribution in [3.8, 4) is 22.1 Å². The molecule has 1 aliphatic rings. The topological polar surface area (TPSA) is 63.7 Å². The summed E-state index contributed by atoms with van der Waals surface area (Å²) < 4.78 is 10.6. The van der Waals surface area contributed by atoms with E-state index in [9.17, 15) is 4.79 Å². The van der Waals surface area contributed by atoms with Crippen molar-refractivity contribution in [3.63, 3.8) is 0 Å². The quantitative estimate of drug-likeness (QED) is 0.884. The van der Waals surface area contributed by atoms with Crippen LogP contribution in [0.4, 0.5) is 0 Å². The molecule has 1 N–H and O–H groups in total. The molecule has 6 nitrogen and oxygen atoms in total. The molecule has 0 atom stereocenters. The summed E-state index contributed by atoms with van der Waals surface area (Å²) in [6.45, 7) is 3.42. The second-order valence-electron chi connectivity index (χ2n) is 5.87. The Morgan fingerprint density at radius 3 is 2.88 bits per heavy atom. The molecule has 1 aliphatic heterocycles. The van der Waals surface area contributed by atoms with Crippen LogP contribution in [-0.4, -0.2) is 56.2 Å². The number of benzene rings is 1. The number of nitrogens with zero attached hydrogens (tertiary/aromatic N) is 2. The maximum absolute atomic E-state index is 12.5. The minimum atomic E-state index is 0.146. The third kappa shape index (κ3) is 4.29. The molecule has 1 aromatic carbocycles. The lowest BCUT2D eigenvalue weighted by Gasteiger charge is -2.19. The molecule has 2 aromatic rings. The zero-order valence-electron chi connectivity index (χ0n) is 14.6. The number of methoxy groups -OCH3 is 2. The summed E-state index contributed by atoms with van der Waals surface area (Å²) in [6, 6.07) is 5.72. The molecule has 0 unspecified atom stereocenters. The average Bonchev–Trinajstić information content (AvgIpc) is 2.93. The number of hydrogen-bond donors (Lipinski definition) is 1. The lowest BCUT2D eigenvalue weighted by atomic mass is 10.2. The van der Waals surface area contributed by atoms with Gasteiger partial charge in [0.1, 0.15) is 5.01 Å². The van der Waals surface area contributed by atoms with Gasteiger partial charge in [0.2, 0.25) is 5.91 Å². The summed E-state index contributed by atoms with van der Waals surface area (Å²) in [7, 11) is 3.23. The van der Waals surface area contributed by atoms with E-state index in [1.54, 1.807) is 14.2 Å². The van der Waals surface area contributed by atoms with Crippen LogP contribution in [0, 0.1) is 0 Å². The molecule has 2 heterocycles. The normalized spacial score (nSPS) is 14.9. The fraction of sp³-hybridized carbons (Fsp3) is 0.444. The van der Waals surface area contributed by atoms with Gasteiger partial charge in [-0.1, -0.05) is 0 Å². The lowest BCUT2D eigenvalue weighted by Crippen LogP contribution is -2.35. The third-order valence-corrected chi connectivity index (χ3v) is 5.15. The molecule has 134 valence electrons. The number of ether oxygens (including phenoxy) is 2. The van der Waals surface area contributed by atoms with Crippen molar-refractivity contribution in [2.45, 2.75) is 12.8 Å². The monoisotopic (exact) mass is 361 g/mol. The van der Waals surface area contributed by atoms with Crippen LogP contribution in [0.5, 0.6) is 11.5 Å². The summed E-state index contributed by atoms with van der Waals surface area (Å²) in [5, 5.41) is 6.15. The highest BCUT2D eigenvalue weighted by Crippen LogP contribution is 2.33. The zero-order valence-corrected chi connectivity index (χ0v) is 15.4. The van der Waals surface area contributed by atoms with Crippen LogP contribution in [0.3, 0.4) is 0 Å². The van der Waals surface area contributed by atoms with E-state index in [0.717, 1.165) is 48.9 Å². The standard InChI is InChI=1S/C18H23N3O3S/c1-23-15-5-4-13(10-16(15)24-2)18-20-14(12-25-18)11-17(22)21-8-3-6-19-7-9-21/h4-5,10,12,19H,3,6-9,11H2,1-2H3. The van der Waals surface area contributed by atoms with E-state index in [4.69, 9.17) is 9.47 Å². The number of amides is 1. The Hall–Kier alpha value is -2.12. The number of aromatic nitrogens is 1. The van der Waals surface area contributed by atoms with Gasteiger partial charge in [-0.05, 0) is 31.2 Å². The molecular weight excluding hydrogens is 338 g/mol. The smallest absolute Gasteiger partial charge is 0.228 e. The van der Waals surface area contributed by atoms with Crippen LogP contribution in [0.2, 0.25) is 0 Å². The Morgan fingerprint density at radius 2 is 2.08 bits per heavy atom. The second kappa shape index (κ2) is 8.31. The van der Waals surface area contributed by atoms with Gasteiger partial charge in [-0.2, -0.15) is 0 Å². The Kier molecular flexibility index (Phi) is 5.88. The zero-order chi connectivity index (χ0) is 17.6. The lowest BCUT2D eigenvalue weighted by molar-refractivity contribution is -0.130. The van der Waals surface area contributed by atoms with Gasteiger partial charge in [-0.15, -0.1) is 11.3 Å². The molecule has 0 bridgehead atoms. The largest absolute Gasteiger partial charge is 0.493 e. The summed E-state index contributed by atoms with van der Waals surface area (Å²) >= 11 is 1.54. The number of rotatable bonds is 5. The molecule has 1 aromatic heterocycles. The highest BCUT2D eigenvalue weighted by atomic mass is 32.1. The molecule has 0 aliphatic carbocycles. The predicted octanol–water partition coefficient (Wildman–Crippen LogP) is 2.19. The van der Waals surface area contributed by atoms with E-state index in [1.807, 2.05) is 28.5 Å². The maximum atomic E-state index is 12.5. The van der Waals surface area contributed by atoms with Crippen molar-refractivity contribution in [1.29, 1.82) is 0 Å². The van der Waals surface area contributed by atoms with E-state index in [0.29, 0.717) is 17.9 Å². The number of carbonyl (C=O) groups is 1. The fourth-order valence-electron chi connectivity index (χ4n) is 2.85. The minimum absolute atomic E-state index is 0.146. The SMILES string of the molecule is COc1ccc(-c2nc(CC(=O)N3CCCNCC3)cs2)cc1OC. The van der Waals surface area contributed by atoms with E-state index in [-0.39, 0.29) is 5.91 Å². The van der Waals surface area contributed by atoms with Gasteiger partial charge in [0.25, 0.3) is 0 Å². The Labute approximate surface area is 151 Å². The van der Waals surface area contributed by atoms with Gasteiger partial charge in [0, 0.05) is 30.6 Å². The number of hydrogen-bond acceptors (Lipinski definition) is 6. The first kappa shape index (κ1) is 17.7. The van der Waals surface area contributed by atoms with Crippen LogP contribution in [0.25, 0.3) is 10.6 Å². The Morgan fingerprint density at radius 1 is 1.24 bits per heavy atom. The molecule has 7 heteroatoms. The van der Waals surface area contributed by atoms with E-state index >= 15 is 0 Å². The number of thiazole rings is 1. The van der Waals surface area contributed by atoms with Gasteiger partial charge >= 0.3 is 0 Å². The first-order valence-corrected chi connectivity index (χ1v) is 9.24. The van der Waals surface area contributed by atoms with Gasteiger partial charge in [-0.25, -0.2) is 4.98 Å². The molecule has 25 heavy (non-hydrogen) atoms. The molecule has 0 radical (unpaired) electrons.